The lowest BCUT2D eigenvalue weighted by Crippen LogP contribution is -2.05. The van der Waals surface area contributed by atoms with E-state index in [1.807, 2.05) is 32.9 Å². The molecule has 2 heterocycles. The summed E-state index contributed by atoms with van der Waals surface area (Å²) in [4.78, 5) is 4.72. The van der Waals surface area contributed by atoms with Gasteiger partial charge in [0.1, 0.15) is 5.75 Å². The molecule has 0 atom stereocenters. The maximum Gasteiger partial charge on any atom is 0.229 e. The van der Waals surface area contributed by atoms with Crippen LogP contribution in [0, 0.1) is 27.7 Å². The number of aryl methyl sites for hydroxylation is 4. The summed E-state index contributed by atoms with van der Waals surface area (Å²) in [6, 6.07) is 6.51. The average Bonchev–Trinajstić information content (AvgIpc) is 2.88. The van der Waals surface area contributed by atoms with Crippen molar-refractivity contribution in [3.05, 3.63) is 51.8 Å². The van der Waals surface area contributed by atoms with Crippen LogP contribution in [0.4, 0.5) is 0 Å². The predicted molar refractivity (Wildman–Crippen MR) is 110 cm³/mol. The van der Waals surface area contributed by atoms with Crippen LogP contribution in [0.5, 0.6) is 11.6 Å². The van der Waals surface area contributed by atoms with E-state index >= 15 is 0 Å². The fraction of sp³-hybridized carbons (Fsp3) is 0.409. The zero-order valence-electron chi connectivity index (χ0n) is 16.5. The molecular weight excluding hydrogens is 344 g/mol. The Balaban J connectivity index is 2.19. The molecule has 3 aromatic rings. The van der Waals surface area contributed by atoms with Gasteiger partial charge in [0, 0.05) is 23.0 Å². The zero-order valence-corrected chi connectivity index (χ0v) is 17.2. The van der Waals surface area contributed by atoms with E-state index < -0.39 is 0 Å². The Morgan fingerprint density at radius 3 is 2.19 bits per heavy atom. The molecule has 0 spiro atoms. The van der Waals surface area contributed by atoms with E-state index in [4.69, 9.17) is 21.3 Å². The Kier molecular flexibility index (Phi) is 5.29. The Morgan fingerprint density at radius 1 is 1.00 bits per heavy atom. The second-order valence-electron chi connectivity index (χ2n) is 7.12. The fourth-order valence-corrected chi connectivity index (χ4v) is 4.09. The number of benzene rings is 1. The van der Waals surface area contributed by atoms with Crippen LogP contribution in [0.25, 0.3) is 10.9 Å². The van der Waals surface area contributed by atoms with Crippen LogP contribution < -0.4 is 4.74 Å². The van der Waals surface area contributed by atoms with Crippen LogP contribution in [0.15, 0.2) is 24.4 Å². The third-order valence-corrected chi connectivity index (χ3v) is 5.28. The molecule has 26 heavy (non-hydrogen) atoms. The molecule has 3 nitrogen and oxygen atoms in total. The molecule has 3 rings (SSSR count). The van der Waals surface area contributed by atoms with Crippen molar-refractivity contribution in [3.63, 3.8) is 0 Å². The highest BCUT2D eigenvalue weighted by atomic mass is 35.5. The van der Waals surface area contributed by atoms with Gasteiger partial charge in [0.2, 0.25) is 5.88 Å². The SMILES string of the molecule is CCC(CC)n1cc(C)c2c(Oc3c(C)cc(Cl)cc3C)nc(C)cc21. The summed E-state index contributed by atoms with van der Waals surface area (Å²) in [5.41, 5.74) is 5.38. The number of aromatic nitrogens is 2. The van der Waals surface area contributed by atoms with Crippen molar-refractivity contribution in [2.75, 3.05) is 0 Å². The first-order valence-corrected chi connectivity index (χ1v) is 9.66. The lowest BCUT2D eigenvalue weighted by atomic mass is 10.1. The molecule has 138 valence electrons. The summed E-state index contributed by atoms with van der Waals surface area (Å²) in [6.45, 7) is 12.7. The Labute approximate surface area is 161 Å². The fourth-order valence-electron chi connectivity index (χ4n) is 3.76. The van der Waals surface area contributed by atoms with Gasteiger partial charge in [-0.2, -0.15) is 0 Å². The number of fused-ring (bicyclic) bond motifs is 1. The second-order valence-corrected chi connectivity index (χ2v) is 7.56. The molecule has 0 aliphatic carbocycles. The summed E-state index contributed by atoms with van der Waals surface area (Å²) >= 11 is 6.17. The van der Waals surface area contributed by atoms with Gasteiger partial charge in [0.15, 0.2) is 0 Å². The van der Waals surface area contributed by atoms with E-state index in [2.05, 4.69) is 37.6 Å². The Morgan fingerprint density at radius 2 is 1.62 bits per heavy atom. The third kappa shape index (κ3) is 3.33. The number of halogens is 1. The number of rotatable bonds is 5. The summed E-state index contributed by atoms with van der Waals surface area (Å²) in [5.74, 6) is 1.51. The van der Waals surface area contributed by atoms with Crippen LogP contribution >= 0.6 is 11.6 Å². The van der Waals surface area contributed by atoms with E-state index in [1.165, 1.54) is 11.1 Å². The van der Waals surface area contributed by atoms with Gasteiger partial charge in [-0.15, -0.1) is 0 Å². The summed E-state index contributed by atoms with van der Waals surface area (Å²) < 4.78 is 8.73. The van der Waals surface area contributed by atoms with Gasteiger partial charge in [-0.25, -0.2) is 4.98 Å². The largest absolute Gasteiger partial charge is 0.438 e. The Bertz CT molecular complexity index is 931. The lowest BCUT2D eigenvalue weighted by molar-refractivity contribution is 0.460. The molecule has 0 fully saturated rings. The molecule has 0 saturated carbocycles. The van der Waals surface area contributed by atoms with Crippen molar-refractivity contribution in [1.29, 1.82) is 0 Å². The standard InChI is InChI=1S/C22H27ClN2O/c1-7-18(8-2)25-12-15(5)20-19(25)11-16(6)24-22(20)26-21-13(3)9-17(23)10-14(21)4/h9-12,18H,7-8H2,1-6H3. The van der Waals surface area contributed by atoms with Crippen LogP contribution in [0.2, 0.25) is 5.02 Å². The van der Waals surface area contributed by atoms with E-state index in [-0.39, 0.29) is 0 Å². The van der Waals surface area contributed by atoms with Crippen molar-refractivity contribution >= 4 is 22.5 Å². The van der Waals surface area contributed by atoms with Gasteiger partial charge in [0.05, 0.1) is 10.9 Å². The zero-order chi connectivity index (χ0) is 19.0. The van der Waals surface area contributed by atoms with E-state index in [0.29, 0.717) is 11.9 Å². The first-order valence-electron chi connectivity index (χ1n) is 9.29. The average molecular weight is 371 g/mol. The smallest absolute Gasteiger partial charge is 0.229 e. The molecule has 0 radical (unpaired) electrons. The molecule has 1 aromatic carbocycles. The van der Waals surface area contributed by atoms with Gasteiger partial charge >= 0.3 is 0 Å². The van der Waals surface area contributed by atoms with Crippen molar-refractivity contribution < 1.29 is 4.74 Å². The molecule has 0 aliphatic rings. The maximum atomic E-state index is 6.35. The summed E-state index contributed by atoms with van der Waals surface area (Å²) in [5, 5.41) is 1.82. The minimum atomic E-state index is 0.486. The molecule has 0 unspecified atom stereocenters. The van der Waals surface area contributed by atoms with Crippen molar-refractivity contribution in [2.45, 2.75) is 60.4 Å². The van der Waals surface area contributed by atoms with Gasteiger partial charge in [-0.3, -0.25) is 0 Å². The molecule has 2 aromatic heterocycles. The second kappa shape index (κ2) is 7.32. The number of ether oxygens (including phenoxy) is 1. The monoisotopic (exact) mass is 370 g/mol. The van der Waals surface area contributed by atoms with E-state index in [1.54, 1.807) is 0 Å². The van der Waals surface area contributed by atoms with Gasteiger partial charge in [0.25, 0.3) is 0 Å². The quantitative estimate of drug-likeness (QED) is 0.479. The first-order chi connectivity index (χ1) is 12.3. The first kappa shape index (κ1) is 18.8. The molecule has 4 heteroatoms. The van der Waals surface area contributed by atoms with Crippen molar-refractivity contribution in [2.24, 2.45) is 0 Å². The molecular formula is C22H27ClN2O. The minimum absolute atomic E-state index is 0.486. The van der Waals surface area contributed by atoms with Crippen LogP contribution in [-0.4, -0.2) is 9.55 Å². The summed E-state index contributed by atoms with van der Waals surface area (Å²) in [6.07, 6.45) is 4.44. The predicted octanol–water partition coefficient (Wildman–Crippen LogP) is 7.08. The van der Waals surface area contributed by atoms with Crippen LogP contribution in [0.3, 0.4) is 0 Å². The highest BCUT2D eigenvalue weighted by Crippen LogP contribution is 2.37. The number of hydrogen-bond acceptors (Lipinski definition) is 2. The van der Waals surface area contributed by atoms with Crippen LogP contribution in [0.1, 0.15) is 55.1 Å². The maximum absolute atomic E-state index is 6.35. The van der Waals surface area contributed by atoms with Gasteiger partial charge in [-0.1, -0.05) is 25.4 Å². The Hall–Kier alpha value is -2.00. The lowest BCUT2D eigenvalue weighted by Gasteiger charge is -2.17. The molecule has 0 saturated heterocycles. The summed E-state index contributed by atoms with van der Waals surface area (Å²) in [7, 11) is 0. The van der Waals surface area contributed by atoms with Crippen molar-refractivity contribution in [3.8, 4) is 11.6 Å². The highest BCUT2D eigenvalue weighted by molar-refractivity contribution is 6.30. The normalized spacial score (nSPS) is 11.5. The topological polar surface area (TPSA) is 27.1 Å². The van der Waals surface area contributed by atoms with Gasteiger partial charge in [-0.05, 0) is 75.4 Å². The molecule has 0 amide bonds. The van der Waals surface area contributed by atoms with Crippen LogP contribution in [-0.2, 0) is 0 Å². The number of hydrogen-bond donors (Lipinski definition) is 0. The number of pyridine rings is 1. The highest BCUT2D eigenvalue weighted by Gasteiger charge is 2.19. The van der Waals surface area contributed by atoms with E-state index in [0.717, 1.165) is 45.8 Å². The van der Waals surface area contributed by atoms with E-state index in [9.17, 15) is 0 Å². The minimum Gasteiger partial charge on any atom is -0.438 e. The molecule has 0 N–H and O–H groups in total. The molecule has 0 bridgehead atoms. The van der Waals surface area contributed by atoms with Gasteiger partial charge < -0.3 is 9.30 Å². The molecule has 0 aliphatic heterocycles. The van der Waals surface area contributed by atoms with Crippen molar-refractivity contribution in [1.82, 2.24) is 9.55 Å². The third-order valence-electron chi connectivity index (χ3n) is 5.06. The number of nitrogens with zero attached hydrogens (tertiary/aromatic N) is 2.